The summed E-state index contributed by atoms with van der Waals surface area (Å²) in [6, 6.07) is 7.03. The van der Waals surface area contributed by atoms with E-state index in [2.05, 4.69) is 6.92 Å². The molecule has 2 N–H and O–H groups in total. The zero-order chi connectivity index (χ0) is 11.6. The Morgan fingerprint density at radius 1 is 1.31 bits per heavy atom. The van der Waals surface area contributed by atoms with E-state index in [1.165, 1.54) is 31.7 Å². The highest BCUT2D eigenvalue weighted by Crippen LogP contribution is 2.40. The number of rotatable bonds is 3. The van der Waals surface area contributed by atoms with E-state index in [0.29, 0.717) is 6.42 Å². The van der Waals surface area contributed by atoms with Gasteiger partial charge in [-0.1, -0.05) is 38.0 Å². The molecular formula is C14H20FN. The molecule has 1 nitrogen and oxygen atoms in total. The zero-order valence-electron chi connectivity index (χ0n) is 9.88. The van der Waals surface area contributed by atoms with Gasteiger partial charge in [0.25, 0.3) is 0 Å². The van der Waals surface area contributed by atoms with Crippen molar-refractivity contribution in [2.24, 2.45) is 11.1 Å². The van der Waals surface area contributed by atoms with Gasteiger partial charge in [0.1, 0.15) is 5.82 Å². The molecule has 1 aromatic rings. The second kappa shape index (κ2) is 4.54. The molecule has 1 atom stereocenters. The summed E-state index contributed by atoms with van der Waals surface area (Å²) in [4.78, 5) is 0. The van der Waals surface area contributed by atoms with Crippen LogP contribution in [-0.2, 0) is 6.42 Å². The Labute approximate surface area is 96.9 Å². The van der Waals surface area contributed by atoms with E-state index in [1.54, 1.807) is 6.07 Å². The van der Waals surface area contributed by atoms with Gasteiger partial charge in [-0.3, -0.25) is 0 Å². The third kappa shape index (κ3) is 2.27. The predicted octanol–water partition coefficient (Wildman–Crippen LogP) is 3.28. The van der Waals surface area contributed by atoms with Gasteiger partial charge in [0, 0.05) is 6.04 Å². The Bertz CT molecular complexity index is 356. The van der Waals surface area contributed by atoms with E-state index >= 15 is 0 Å². The zero-order valence-corrected chi connectivity index (χ0v) is 9.88. The van der Waals surface area contributed by atoms with Crippen LogP contribution in [-0.4, -0.2) is 6.04 Å². The molecule has 0 aromatic heterocycles. The van der Waals surface area contributed by atoms with E-state index in [1.807, 2.05) is 12.1 Å². The molecule has 0 spiro atoms. The summed E-state index contributed by atoms with van der Waals surface area (Å²) in [5, 5.41) is 0. The fourth-order valence-electron chi connectivity index (χ4n) is 2.70. The molecule has 88 valence electrons. The Morgan fingerprint density at radius 2 is 1.94 bits per heavy atom. The first-order chi connectivity index (χ1) is 7.62. The van der Waals surface area contributed by atoms with Crippen LogP contribution in [0.15, 0.2) is 24.3 Å². The van der Waals surface area contributed by atoms with Crippen LogP contribution in [0.3, 0.4) is 0 Å². The fraction of sp³-hybridized carbons (Fsp3) is 0.571. The average Bonchev–Trinajstić information content (AvgIpc) is 2.70. The van der Waals surface area contributed by atoms with Crippen LogP contribution in [0.25, 0.3) is 0 Å². The molecule has 1 aliphatic carbocycles. The first-order valence-electron chi connectivity index (χ1n) is 6.11. The molecule has 2 rings (SSSR count). The topological polar surface area (TPSA) is 26.0 Å². The Kier molecular flexibility index (Phi) is 3.29. The smallest absolute Gasteiger partial charge is 0.126 e. The van der Waals surface area contributed by atoms with Gasteiger partial charge in [0.05, 0.1) is 0 Å². The molecule has 1 aliphatic rings. The van der Waals surface area contributed by atoms with Gasteiger partial charge in [0.15, 0.2) is 0 Å². The lowest BCUT2D eigenvalue weighted by Crippen LogP contribution is -2.39. The van der Waals surface area contributed by atoms with E-state index < -0.39 is 0 Å². The van der Waals surface area contributed by atoms with Gasteiger partial charge in [0.2, 0.25) is 0 Å². The van der Waals surface area contributed by atoms with Crippen LogP contribution in [0.2, 0.25) is 0 Å². The molecule has 1 fully saturated rings. The molecule has 0 amide bonds. The molecule has 0 saturated heterocycles. The number of nitrogens with two attached hydrogens (primary N) is 1. The van der Waals surface area contributed by atoms with Crippen molar-refractivity contribution in [2.45, 2.75) is 45.1 Å². The van der Waals surface area contributed by atoms with Crippen molar-refractivity contribution in [3.63, 3.8) is 0 Å². The number of hydrogen-bond donors (Lipinski definition) is 1. The normalized spacial score (nSPS) is 20.9. The molecule has 16 heavy (non-hydrogen) atoms. The Balaban J connectivity index is 2.07. The average molecular weight is 221 g/mol. The maximum atomic E-state index is 13.5. The lowest BCUT2D eigenvalue weighted by atomic mass is 9.78. The summed E-state index contributed by atoms with van der Waals surface area (Å²) in [6.07, 6.45) is 5.55. The van der Waals surface area contributed by atoms with E-state index in [4.69, 9.17) is 5.73 Å². The summed E-state index contributed by atoms with van der Waals surface area (Å²) in [5.74, 6) is -0.125. The largest absolute Gasteiger partial charge is 0.327 e. The first kappa shape index (κ1) is 11.6. The highest BCUT2D eigenvalue weighted by atomic mass is 19.1. The van der Waals surface area contributed by atoms with E-state index in [9.17, 15) is 4.39 Å². The van der Waals surface area contributed by atoms with Gasteiger partial charge in [-0.05, 0) is 36.3 Å². The highest BCUT2D eigenvalue weighted by molar-refractivity contribution is 5.19. The van der Waals surface area contributed by atoms with Crippen molar-refractivity contribution in [3.8, 4) is 0 Å². The van der Waals surface area contributed by atoms with Crippen LogP contribution >= 0.6 is 0 Å². The molecule has 2 heteroatoms. The minimum atomic E-state index is -0.125. The molecule has 0 heterocycles. The van der Waals surface area contributed by atoms with Crippen LogP contribution in [0, 0.1) is 11.2 Å². The van der Waals surface area contributed by atoms with Crippen molar-refractivity contribution in [3.05, 3.63) is 35.6 Å². The maximum Gasteiger partial charge on any atom is 0.126 e. The van der Waals surface area contributed by atoms with Crippen LogP contribution in [0.5, 0.6) is 0 Å². The van der Waals surface area contributed by atoms with Gasteiger partial charge in [-0.25, -0.2) is 4.39 Å². The lowest BCUT2D eigenvalue weighted by Gasteiger charge is -2.31. The number of benzene rings is 1. The standard InChI is InChI=1S/C14H20FN/c1-14(8-4-5-9-14)13(16)10-11-6-2-3-7-12(11)15/h2-3,6-7,13H,4-5,8-10,16H2,1H3. The van der Waals surface area contributed by atoms with Crippen molar-refractivity contribution in [1.29, 1.82) is 0 Å². The van der Waals surface area contributed by atoms with Crippen molar-refractivity contribution >= 4 is 0 Å². The van der Waals surface area contributed by atoms with Crippen LogP contribution < -0.4 is 5.73 Å². The minimum absolute atomic E-state index is 0.0758. The van der Waals surface area contributed by atoms with Crippen molar-refractivity contribution < 1.29 is 4.39 Å². The third-order valence-corrected chi connectivity index (χ3v) is 4.04. The highest BCUT2D eigenvalue weighted by Gasteiger charge is 2.34. The summed E-state index contributed by atoms with van der Waals surface area (Å²) in [6.45, 7) is 2.24. The first-order valence-corrected chi connectivity index (χ1v) is 6.11. The molecule has 0 radical (unpaired) electrons. The molecular weight excluding hydrogens is 201 g/mol. The van der Waals surface area contributed by atoms with Crippen molar-refractivity contribution in [1.82, 2.24) is 0 Å². The molecule has 1 saturated carbocycles. The predicted molar refractivity (Wildman–Crippen MR) is 64.7 cm³/mol. The molecule has 0 bridgehead atoms. The molecule has 1 unspecified atom stereocenters. The summed E-state index contributed by atoms with van der Waals surface area (Å²) < 4.78 is 13.5. The van der Waals surface area contributed by atoms with E-state index in [-0.39, 0.29) is 17.3 Å². The van der Waals surface area contributed by atoms with Gasteiger partial charge < -0.3 is 5.73 Å². The summed E-state index contributed by atoms with van der Waals surface area (Å²) >= 11 is 0. The Hall–Kier alpha value is -0.890. The maximum absolute atomic E-state index is 13.5. The lowest BCUT2D eigenvalue weighted by molar-refractivity contribution is 0.259. The minimum Gasteiger partial charge on any atom is -0.327 e. The van der Waals surface area contributed by atoms with Gasteiger partial charge in [-0.2, -0.15) is 0 Å². The summed E-state index contributed by atoms with van der Waals surface area (Å²) in [7, 11) is 0. The molecule has 1 aromatic carbocycles. The second-order valence-corrected chi connectivity index (χ2v) is 5.26. The Morgan fingerprint density at radius 3 is 2.56 bits per heavy atom. The molecule has 0 aliphatic heterocycles. The second-order valence-electron chi connectivity index (χ2n) is 5.26. The quantitative estimate of drug-likeness (QED) is 0.833. The SMILES string of the molecule is CC1(C(N)Cc2ccccc2F)CCCC1. The van der Waals surface area contributed by atoms with Gasteiger partial charge in [-0.15, -0.1) is 0 Å². The number of hydrogen-bond acceptors (Lipinski definition) is 1. The summed E-state index contributed by atoms with van der Waals surface area (Å²) in [5.41, 5.74) is 7.21. The van der Waals surface area contributed by atoms with Gasteiger partial charge >= 0.3 is 0 Å². The van der Waals surface area contributed by atoms with Crippen molar-refractivity contribution in [2.75, 3.05) is 0 Å². The fourth-order valence-corrected chi connectivity index (χ4v) is 2.70. The van der Waals surface area contributed by atoms with Crippen LogP contribution in [0.4, 0.5) is 4.39 Å². The monoisotopic (exact) mass is 221 g/mol. The number of halogens is 1. The van der Waals surface area contributed by atoms with E-state index in [0.717, 1.165) is 5.56 Å². The van der Waals surface area contributed by atoms with Crippen LogP contribution in [0.1, 0.15) is 38.2 Å². The third-order valence-electron chi connectivity index (χ3n) is 4.04.